The Labute approximate surface area is 121 Å². The third-order valence-corrected chi connectivity index (χ3v) is 2.57. The normalized spacial score (nSPS) is 11.8. The van der Waals surface area contributed by atoms with Crippen molar-refractivity contribution in [3.05, 3.63) is 18.7 Å². The number of esters is 1. The average Bonchev–Trinajstić information content (AvgIpc) is 3.01. The lowest BCUT2D eigenvalue weighted by atomic mass is 10.3. The highest BCUT2D eigenvalue weighted by atomic mass is 16.5. The highest BCUT2D eigenvalue weighted by Gasteiger charge is 2.16. The number of hydrogen-bond acceptors (Lipinski definition) is 8. The molecule has 0 saturated carbocycles. The number of hydrogen-bond donors (Lipinski definition) is 2. The molecule has 0 aliphatic carbocycles. The van der Waals surface area contributed by atoms with Crippen LogP contribution in [0.15, 0.2) is 18.7 Å². The van der Waals surface area contributed by atoms with Crippen molar-refractivity contribution < 1.29 is 9.53 Å². The molecule has 9 nitrogen and oxygen atoms in total. The molecule has 2 heterocycles. The van der Waals surface area contributed by atoms with E-state index in [2.05, 4.69) is 30.6 Å². The fourth-order valence-electron chi connectivity index (χ4n) is 1.55. The summed E-state index contributed by atoms with van der Waals surface area (Å²) in [6.07, 6.45) is 4.91. The van der Waals surface area contributed by atoms with Gasteiger partial charge in [0.15, 0.2) is 0 Å². The maximum absolute atomic E-state index is 11.6. The molecule has 2 aromatic heterocycles. The summed E-state index contributed by atoms with van der Waals surface area (Å²) in [7, 11) is 1.70. The summed E-state index contributed by atoms with van der Waals surface area (Å²) in [6.45, 7) is 3.76. The molecule has 0 radical (unpaired) electrons. The summed E-state index contributed by atoms with van der Waals surface area (Å²) >= 11 is 0. The third kappa shape index (κ3) is 3.65. The summed E-state index contributed by atoms with van der Waals surface area (Å²) in [5.74, 6) is 0.685. The number of nitrogens with one attached hydrogen (secondary N) is 2. The largest absolute Gasteiger partial charge is 0.464 e. The zero-order chi connectivity index (χ0) is 15.2. The zero-order valence-electron chi connectivity index (χ0n) is 12.1. The number of nitrogens with zero attached hydrogens (tertiary/aromatic N) is 5. The van der Waals surface area contributed by atoms with E-state index in [9.17, 15) is 4.79 Å². The first kappa shape index (κ1) is 14.7. The Kier molecular flexibility index (Phi) is 4.64. The second-order valence-corrected chi connectivity index (χ2v) is 4.12. The highest BCUT2D eigenvalue weighted by Crippen LogP contribution is 2.10. The third-order valence-electron chi connectivity index (χ3n) is 2.57. The predicted molar refractivity (Wildman–Crippen MR) is 76.2 cm³/mol. The first-order valence-corrected chi connectivity index (χ1v) is 6.49. The molecule has 0 saturated heterocycles. The molecule has 0 bridgehead atoms. The number of ether oxygens (including phenoxy) is 1. The number of anilines is 2. The van der Waals surface area contributed by atoms with Crippen molar-refractivity contribution >= 4 is 17.9 Å². The molecule has 2 rings (SSSR count). The molecule has 21 heavy (non-hydrogen) atoms. The van der Waals surface area contributed by atoms with Crippen LogP contribution >= 0.6 is 0 Å². The van der Waals surface area contributed by atoms with Gasteiger partial charge >= 0.3 is 5.97 Å². The number of imidazole rings is 1. The van der Waals surface area contributed by atoms with Crippen LogP contribution in [0.25, 0.3) is 5.95 Å². The van der Waals surface area contributed by atoms with E-state index in [1.165, 1.54) is 0 Å². The van der Waals surface area contributed by atoms with E-state index in [1.54, 1.807) is 44.2 Å². The maximum atomic E-state index is 11.6. The van der Waals surface area contributed by atoms with Crippen LogP contribution in [0, 0.1) is 0 Å². The second kappa shape index (κ2) is 6.64. The minimum atomic E-state index is -0.562. The highest BCUT2D eigenvalue weighted by molar-refractivity contribution is 5.78. The Hall–Kier alpha value is -2.71. The van der Waals surface area contributed by atoms with Crippen LogP contribution in [0.5, 0.6) is 0 Å². The van der Waals surface area contributed by atoms with E-state index in [4.69, 9.17) is 4.74 Å². The summed E-state index contributed by atoms with van der Waals surface area (Å²) in [5.41, 5.74) is 0. The standard InChI is InChI=1S/C12H17N7O2/c1-4-21-9(20)8(2)15-11-16-10(13-3)17-12(18-11)19-6-5-14-7-19/h5-8H,4H2,1-3H3,(H2,13,15,16,17,18). The maximum Gasteiger partial charge on any atom is 0.328 e. The number of carbonyl (C=O) groups is 1. The van der Waals surface area contributed by atoms with Crippen molar-refractivity contribution in [2.24, 2.45) is 0 Å². The van der Waals surface area contributed by atoms with Crippen molar-refractivity contribution in [3.8, 4) is 5.95 Å². The van der Waals surface area contributed by atoms with E-state index in [1.807, 2.05) is 0 Å². The molecule has 0 spiro atoms. The fraction of sp³-hybridized carbons (Fsp3) is 0.417. The van der Waals surface area contributed by atoms with Gasteiger partial charge in [-0.05, 0) is 13.8 Å². The van der Waals surface area contributed by atoms with Gasteiger partial charge < -0.3 is 15.4 Å². The van der Waals surface area contributed by atoms with Crippen molar-refractivity contribution in [3.63, 3.8) is 0 Å². The molecular weight excluding hydrogens is 274 g/mol. The van der Waals surface area contributed by atoms with Crippen molar-refractivity contribution in [1.29, 1.82) is 0 Å². The molecule has 0 amide bonds. The van der Waals surface area contributed by atoms with Crippen LogP contribution in [0.4, 0.5) is 11.9 Å². The smallest absolute Gasteiger partial charge is 0.328 e. The molecule has 1 atom stereocenters. The van der Waals surface area contributed by atoms with Gasteiger partial charge in [0, 0.05) is 19.4 Å². The van der Waals surface area contributed by atoms with Crippen LogP contribution < -0.4 is 10.6 Å². The van der Waals surface area contributed by atoms with Crippen LogP contribution in [0.1, 0.15) is 13.8 Å². The minimum absolute atomic E-state index is 0.276. The molecular formula is C12H17N7O2. The van der Waals surface area contributed by atoms with Gasteiger partial charge in [-0.25, -0.2) is 9.78 Å². The summed E-state index contributed by atoms with van der Waals surface area (Å²) < 4.78 is 6.57. The van der Waals surface area contributed by atoms with Gasteiger partial charge in [0.05, 0.1) is 6.61 Å². The first-order valence-electron chi connectivity index (χ1n) is 6.49. The van der Waals surface area contributed by atoms with Crippen LogP contribution in [0.3, 0.4) is 0 Å². The lowest BCUT2D eigenvalue weighted by Crippen LogP contribution is -2.29. The Bertz CT molecular complexity index is 600. The second-order valence-electron chi connectivity index (χ2n) is 4.12. The summed E-state index contributed by atoms with van der Waals surface area (Å²) in [4.78, 5) is 28.2. The van der Waals surface area contributed by atoms with E-state index < -0.39 is 6.04 Å². The van der Waals surface area contributed by atoms with E-state index in [-0.39, 0.29) is 11.9 Å². The average molecular weight is 291 g/mol. The number of rotatable bonds is 6. The van der Waals surface area contributed by atoms with Crippen molar-refractivity contribution in [1.82, 2.24) is 24.5 Å². The van der Waals surface area contributed by atoms with E-state index in [0.29, 0.717) is 18.5 Å². The lowest BCUT2D eigenvalue weighted by Gasteiger charge is -2.13. The molecule has 0 aliphatic rings. The van der Waals surface area contributed by atoms with Crippen LogP contribution in [-0.2, 0) is 9.53 Å². The molecule has 2 aromatic rings. The SMILES string of the molecule is CCOC(=O)C(C)Nc1nc(NC)nc(-n2ccnc2)n1. The molecule has 0 aromatic carbocycles. The molecule has 2 N–H and O–H groups in total. The van der Waals surface area contributed by atoms with Gasteiger partial charge in [-0.1, -0.05) is 0 Å². The van der Waals surface area contributed by atoms with Gasteiger partial charge in [0.2, 0.25) is 17.8 Å². The molecule has 9 heteroatoms. The van der Waals surface area contributed by atoms with Gasteiger partial charge in [-0.15, -0.1) is 0 Å². The zero-order valence-corrected chi connectivity index (χ0v) is 12.1. The number of aromatic nitrogens is 5. The number of carbonyl (C=O) groups excluding carboxylic acids is 1. The monoisotopic (exact) mass is 291 g/mol. The Morgan fingerprint density at radius 1 is 1.38 bits per heavy atom. The molecule has 1 unspecified atom stereocenters. The van der Waals surface area contributed by atoms with Gasteiger partial charge in [-0.2, -0.15) is 15.0 Å². The van der Waals surface area contributed by atoms with Gasteiger partial charge in [0.1, 0.15) is 12.4 Å². The molecule has 0 fully saturated rings. The minimum Gasteiger partial charge on any atom is -0.464 e. The predicted octanol–water partition coefficient (Wildman–Crippen LogP) is 0.462. The van der Waals surface area contributed by atoms with E-state index in [0.717, 1.165) is 0 Å². The van der Waals surface area contributed by atoms with Crippen LogP contribution in [-0.4, -0.2) is 50.2 Å². The van der Waals surface area contributed by atoms with Crippen molar-refractivity contribution in [2.45, 2.75) is 19.9 Å². The summed E-state index contributed by atoms with van der Waals surface area (Å²) in [6, 6.07) is -0.562. The Morgan fingerprint density at radius 3 is 2.76 bits per heavy atom. The summed E-state index contributed by atoms with van der Waals surface area (Å²) in [5, 5.41) is 5.74. The lowest BCUT2D eigenvalue weighted by molar-refractivity contribution is -0.143. The molecule has 112 valence electrons. The molecule has 0 aliphatic heterocycles. The van der Waals surface area contributed by atoms with Crippen LogP contribution in [0.2, 0.25) is 0 Å². The van der Waals surface area contributed by atoms with Gasteiger partial charge in [-0.3, -0.25) is 4.57 Å². The fourth-order valence-corrected chi connectivity index (χ4v) is 1.55. The van der Waals surface area contributed by atoms with E-state index >= 15 is 0 Å². The topological polar surface area (TPSA) is 107 Å². The Morgan fingerprint density at radius 2 is 2.14 bits per heavy atom. The first-order chi connectivity index (χ1) is 10.1. The quantitative estimate of drug-likeness (QED) is 0.739. The van der Waals surface area contributed by atoms with Gasteiger partial charge in [0.25, 0.3) is 0 Å². The Balaban J connectivity index is 2.23. The van der Waals surface area contributed by atoms with Crippen molar-refractivity contribution in [2.75, 3.05) is 24.3 Å².